The third-order valence-corrected chi connectivity index (χ3v) is 4.13. The van der Waals surface area contributed by atoms with Gasteiger partial charge in [0.1, 0.15) is 0 Å². The second kappa shape index (κ2) is 2.97. The first-order valence-corrected chi connectivity index (χ1v) is 5.40. The second-order valence-electron chi connectivity index (χ2n) is 4.18. The number of hydrogen-bond acceptors (Lipinski definition) is 0. The molecule has 0 bridgehead atoms. The van der Waals surface area contributed by atoms with Crippen molar-refractivity contribution in [2.24, 2.45) is 17.8 Å². The SMILES string of the molecule is CCC(Cl)C1CCCC2CC21. The summed E-state index contributed by atoms with van der Waals surface area (Å²) in [6.07, 6.45) is 7.00. The van der Waals surface area contributed by atoms with Gasteiger partial charge >= 0.3 is 0 Å². The second-order valence-corrected chi connectivity index (χ2v) is 4.74. The summed E-state index contributed by atoms with van der Waals surface area (Å²) in [4.78, 5) is 0. The molecule has 0 heterocycles. The highest BCUT2D eigenvalue weighted by molar-refractivity contribution is 6.20. The van der Waals surface area contributed by atoms with Crippen molar-refractivity contribution in [1.29, 1.82) is 0 Å². The van der Waals surface area contributed by atoms with Crippen molar-refractivity contribution >= 4 is 11.6 Å². The largest absolute Gasteiger partial charge is 0.123 e. The first kappa shape index (κ1) is 7.91. The van der Waals surface area contributed by atoms with Crippen LogP contribution in [0.4, 0.5) is 0 Å². The van der Waals surface area contributed by atoms with E-state index in [1.165, 1.54) is 25.7 Å². The smallest absolute Gasteiger partial charge is 0.0364 e. The fraction of sp³-hybridized carbons (Fsp3) is 1.00. The van der Waals surface area contributed by atoms with Gasteiger partial charge in [-0.05, 0) is 37.0 Å². The molecule has 11 heavy (non-hydrogen) atoms. The van der Waals surface area contributed by atoms with Crippen LogP contribution in [0.1, 0.15) is 39.0 Å². The normalized spacial score (nSPS) is 44.7. The molecule has 0 amide bonds. The van der Waals surface area contributed by atoms with Crippen molar-refractivity contribution in [2.45, 2.75) is 44.4 Å². The fourth-order valence-electron chi connectivity index (χ4n) is 2.71. The molecule has 4 unspecified atom stereocenters. The maximum Gasteiger partial charge on any atom is 0.0364 e. The van der Waals surface area contributed by atoms with Crippen LogP contribution in [0, 0.1) is 17.8 Å². The Labute approximate surface area is 74.3 Å². The Kier molecular flexibility index (Phi) is 2.14. The third-order valence-electron chi connectivity index (χ3n) is 3.49. The lowest BCUT2D eigenvalue weighted by molar-refractivity contribution is 0.320. The summed E-state index contributed by atoms with van der Waals surface area (Å²) in [5, 5.41) is 0.477. The number of hydrogen-bond donors (Lipinski definition) is 0. The molecular formula is C10H17Cl. The van der Waals surface area contributed by atoms with E-state index in [0.29, 0.717) is 5.38 Å². The van der Waals surface area contributed by atoms with Crippen LogP contribution in [0.2, 0.25) is 0 Å². The summed E-state index contributed by atoms with van der Waals surface area (Å²) >= 11 is 6.27. The minimum atomic E-state index is 0.477. The minimum absolute atomic E-state index is 0.477. The van der Waals surface area contributed by atoms with Crippen molar-refractivity contribution in [2.75, 3.05) is 0 Å². The van der Waals surface area contributed by atoms with Gasteiger partial charge in [-0.1, -0.05) is 19.8 Å². The van der Waals surface area contributed by atoms with Crippen molar-refractivity contribution in [1.82, 2.24) is 0 Å². The Balaban J connectivity index is 1.92. The van der Waals surface area contributed by atoms with Crippen molar-refractivity contribution in [3.8, 4) is 0 Å². The van der Waals surface area contributed by atoms with E-state index in [-0.39, 0.29) is 0 Å². The molecule has 0 N–H and O–H groups in total. The highest BCUT2D eigenvalue weighted by Crippen LogP contribution is 2.54. The lowest BCUT2D eigenvalue weighted by Crippen LogP contribution is -2.20. The van der Waals surface area contributed by atoms with Crippen LogP contribution in [0.3, 0.4) is 0 Å². The molecule has 4 atom stereocenters. The zero-order valence-electron chi connectivity index (χ0n) is 7.22. The summed E-state index contributed by atoms with van der Waals surface area (Å²) in [6, 6.07) is 0. The zero-order valence-corrected chi connectivity index (χ0v) is 7.98. The van der Waals surface area contributed by atoms with E-state index < -0.39 is 0 Å². The van der Waals surface area contributed by atoms with Crippen LogP contribution >= 0.6 is 11.6 Å². The van der Waals surface area contributed by atoms with Crippen LogP contribution in [0.5, 0.6) is 0 Å². The van der Waals surface area contributed by atoms with Gasteiger partial charge in [0, 0.05) is 5.38 Å². The predicted molar refractivity (Wildman–Crippen MR) is 48.9 cm³/mol. The van der Waals surface area contributed by atoms with Crippen LogP contribution in [-0.4, -0.2) is 5.38 Å². The number of rotatable bonds is 2. The molecule has 1 heteroatoms. The lowest BCUT2D eigenvalue weighted by atomic mass is 9.86. The molecule has 0 nitrogen and oxygen atoms in total. The van der Waals surface area contributed by atoms with Crippen LogP contribution in [0.15, 0.2) is 0 Å². The quantitative estimate of drug-likeness (QED) is 0.560. The van der Waals surface area contributed by atoms with E-state index in [9.17, 15) is 0 Å². The molecule has 0 radical (unpaired) electrons. The highest BCUT2D eigenvalue weighted by Gasteiger charge is 2.46. The molecule has 2 aliphatic carbocycles. The molecule has 0 aromatic rings. The predicted octanol–water partition coefficient (Wildman–Crippen LogP) is 3.44. The standard InChI is InChI=1S/C10H17Cl/c1-2-10(11)8-5-3-4-7-6-9(7)8/h7-10H,2-6H2,1H3. The first-order valence-electron chi connectivity index (χ1n) is 4.97. The van der Waals surface area contributed by atoms with Gasteiger partial charge in [-0.25, -0.2) is 0 Å². The van der Waals surface area contributed by atoms with Crippen molar-refractivity contribution in [3.05, 3.63) is 0 Å². The maximum absolute atomic E-state index is 6.27. The van der Waals surface area contributed by atoms with Gasteiger partial charge in [0.15, 0.2) is 0 Å². The zero-order chi connectivity index (χ0) is 7.84. The number of fused-ring (bicyclic) bond motifs is 1. The average molecular weight is 173 g/mol. The van der Waals surface area contributed by atoms with Gasteiger partial charge in [0.25, 0.3) is 0 Å². The van der Waals surface area contributed by atoms with E-state index in [1.54, 1.807) is 0 Å². The summed E-state index contributed by atoms with van der Waals surface area (Å²) in [5.41, 5.74) is 0. The topological polar surface area (TPSA) is 0 Å². The third kappa shape index (κ3) is 1.42. The van der Waals surface area contributed by atoms with Gasteiger partial charge < -0.3 is 0 Å². The van der Waals surface area contributed by atoms with E-state index in [0.717, 1.165) is 24.2 Å². The molecular weight excluding hydrogens is 156 g/mol. The average Bonchev–Trinajstić information content (AvgIpc) is 2.80. The van der Waals surface area contributed by atoms with Gasteiger partial charge in [-0.3, -0.25) is 0 Å². The van der Waals surface area contributed by atoms with Gasteiger partial charge in [-0.15, -0.1) is 11.6 Å². The Morgan fingerprint density at radius 2 is 2.27 bits per heavy atom. The monoisotopic (exact) mass is 172 g/mol. The Morgan fingerprint density at radius 3 is 3.00 bits per heavy atom. The van der Waals surface area contributed by atoms with Gasteiger partial charge in [0.2, 0.25) is 0 Å². The summed E-state index contributed by atoms with van der Waals surface area (Å²) in [7, 11) is 0. The van der Waals surface area contributed by atoms with E-state index >= 15 is 0 Å². The molecule has 0 spiro atoms. The maximum atomic E-state index is 6.27. The highest BCUT2D eigenvalue weighted by atomic mass is 35.5. The van der Waals surface area contributed by atoms with E-state index in [1.807, 2.05) is 0 Å². The van der Waals surface area contributed by atoms with Crippen LogP contribution in [-0.2, 0) is 0 Å². The summed E-state index contributed by atoms with van der Waals surface area (Å²) in [5.74, 6) is 2.99. The number of halogens is 1. The van der Waals surface area contributed by atoms with Crippen molar-refractivity contribution < 1.29 is 0 Å². The molecule has 2 saturated carbocycles. The number of alkyl halides is 1. The molecule has 2 aliphatic rings. The molecule has 2 fully saturated rings. The van der Waals surface area contributed by atoms with Crippen LogP contribution < -0.4 is 0 Å². The summed E-state index contributed by atoms with van der Waals surface area (Å²) < 4.78 is 0. The van der Waals surface area contributed by atoms with Crippen molar-refractivity contribution in [3.63, 3.8) is 0 Å². The van der Waals surface area contributed by atoms with Gasteiger partial charge in [0.05, 0.1) is 0 Å². The molecule has 0 saturated heterocycles. The lowest BCUT2D eigenvalue weighted by Gasteiger charge is -2.24. The van der Waals surface area contributed by atoms with E-state index in [2.05, 4.69) is 6.92 Å². The molecule has 2 rings (SSSR count). The summed E-state index contributed by atoms with van der Waals surface area (Å²) in [6.45, 7) is 2.21. The molecule has 64 valence electrons. The Hall–Kier alpha value is 0.290. The molecule has 0 aromatic heterocycles. The van der Waals surface area contributed by atoms with Gasteiger partial charge in [-0.2, -0.15) is 0 Å². The Morgan fingerprint density at radius 1 is 1.45 bits per heavy atom. The first-order chi connectivity index (χ1) is 5.33. The van der Waals surface area contributed by atoms with E-state index in [4.69, 9.17) is 11.6 Å². The fourth-order valence-corrected chi connectivity index (χ4v) is 3.02. The molecule has 0 aliphatic heterocycles. The van der Waals surface area contributed by atoms with Crippen LogP contribution in [0.25, 0.3) is 0 Å². The minimum Gasteiger partial charge on any atom is -0.123 e. The Bertz CT molecular complexity index is 142. The molecule has 0 aromatic carbocycles.